The second-order valence-electron chi connectivity index (χ2n) is 8.34. The number of hydrogen-bond donors (Lipinski definition) is 1. The van der Waals surface area contributed by atoms with E-state index in [1.807, 2.05) is 49.3 Å². The lowest BCUT2D eigenvalue weighted by Crippen LogP contribution is -2.29. The lowest BCUT2D eigenvalue weighted by atomic mass is 9.94. The summed E-state index contributed by atoms with van der Waals surface area (Å²) in [7, 11) is 6.86. The molecule has 8 nitrogen and oxygen atoms in total. The molecule has 1 fully saturated rings. The third-order valence-corrected chi connectivity index (χ3v) is 6.00. The number of likely N-dealkylation sites (tertiary alicyclic amines) is 1. The van der Waals surface area contributed by atoms with Gasteiger partial charge in [0, 0.05) is 44.3 Å². The molecule has 35 heavy (non-hydrogen) atoms. The smallest absolute Gasteiger partial charge is 0.295 e. The van der Waals surface area contributed by atoms with Gasteiger partial charge in [0.2, 0.25) is 0 Å². The first-order valence-corrected chi connectivity index (χ1v) is 11.0. The molecule has 0 radical (unpaired) electrons. The molecule has 1 N–H and O–H groups in total. The van der Waals surface area contributed by atoms with Gasteiger partial charge in [0.05, 0.1) is 25.8 Å². The highest BCUT2D eigenvalue weighted by atomic mass is 16.5. The number of nitrogens with zero attached hydrogens (tertiary/aromatic N) is 3. The number of anilines is 1. The summed E-state index contributed by atoms with van der Waals surface area (Å²) in [5, 5.41) is 11.3. The molecule has 1 aliphatic heterocycles. The standard InChI is InChI=1S/C27H27N3O5/c1-29(2)20-10-7-18(8-11-20)24-23(25(31)19-9-12-21(34-3)22(14-19)35-4)26(32)27(33)30(24)16-17-6-5-13-28-15-17/h5-15,24,31H,16H2,1-4H3/t24-/m1/s1. The van der Waals surface area contributed by atoms with Gasteiger partial charge in [0.15, 0.2) is 11.5 Å². The molecule has 1 amide bonds. The van der Waals surface area contributed by atoms with Crippen molar-refractivity contribution in [3.8, 4) is 11.5 Å². The van der Waals surface area contributed by atoms with E-state index in [1.165, 1.54) is 19.1 Å². The van der Waals surface area contributed by atoms with E-state index >= 15 is 0 Å². The van der Waals surface area contributed by atoms with Gasteiger partial charge >= 0.3 is 0 Å². The van der Waals surface area contributed by atoms with Crippen molar-refractivity contribution < 1.29 is 24.2 Å². The fourth-order valence-electron chi connectivity index (χ4n) is 4.17. The second-order valence-corrected chi connectivity index (χ2v) is 8.34. The Morgan fingerprint density at radius 1 is 1.03 bits per heavy atom. The SMILES string of the molecule is COc1ccc(C(O)=C2C(=O)C(=O)N(Cc3cccnc3)[C@@H]2c2ccc(N(C)C)cc2)cc1OC. The van der Waals surface area contributed by atoms with Crippen LogP contribution in [0.2, 0.25) is 0 Å². The molecular formula is C27H27N3O5. The number of aliphatic hydroxyl groups is 1. The van der Waals surface area contributed by atoms with Crippen LogP contribution in [0.5, 0.6) is 11.5 Å². The Morgan fingerprint density at radius 2 is 1.74 bits per heavy atom. The minimum atomic E-state index is -0.778. The molecule has 0 bridgehead atoms. The fraction of sp³-hybridized carbons (Fsp3) is 0.222. The first kappa shape index (κ1) is 23.8. The van der Waals surface area contributed by atoms with Crippen molar-refractivity contribution in [1.29, 1.82) is 0 Å². The number of ether oxygens (including phenoxy) is 2. The highest BCUT2D eigenvalue weighted by Crippen LogP contribution is 2.41. The van der Waals surface area contributed by atoms with E-state index in [-0.39, 0.29) is 17.9 Å². The summed E-state index contributed by atoms with van der Waals surface area (Å²) in [5.41, 5.74) is 2.81. The largest absolute Gasteiger partial charge is 0.507 e. The second kappa shape index (κ2) is 9.89. The maximum atomic E-state index is 13.3. The normalized spacial score (nSPS) is 16.9. The van der Waals surface area contributed by atoms with Crippen molar-refractivity contribution in [3.63, 3.8) is 0 Å². The number of amides is 1. The van der Waals surface area contributed by atoms with Gasteiger partial charge in [-0.25, -0.2) is 0 Å². The maximum absolute atomic E-state index is 13.3. The predicted molar refractivity (Wildman–Crippen MR) is 132 cm³/mol. The minimum Gasteiger partial charge on any atom is -0.507 e. The fourth-order valence-corrected chi connectivity index (χ4v) is 4.17. The van der Waals surface area contributed by atoms with E-state index in [0.717, 1.165) is 11.3 Å². The van der Waals surface area contributed by atoms with Crippen LogP contribution in [0.25, 0.3) is 5.76 Å². The quantitative estimate of drug-likeness (QED) is 0.317. The van der Waals surface area contributed by atoms with Crippen LogP contribution in [0.15, 0.2) is 72.6 Å². The summed E-state index contributed by atoms with van der Waals surface area (Å²) in [6.45, 7) is 0.168. The van der Waals surface area contributed by atoms with Gasteiger partial charge in [0.1, 0.15) is 5.76 Å². The first-order valence-electron chi connectivity index (χ1n) is 11.0. The average Bonchev–Trinajstić information content (AvgIpc) is 3.13. The molecule has 2 aromatic carbocycles. The number of benzene rings is 2. The van der Waals surface area contributed by atoms with E-state index in [1.54, 1.807) is 36.7 Å². The van der Waals surface area contributed by atoms with Crippen LogP contribution in [0.4, 0.5) is 5.69 Å². The van der Waals surface area contributed by atoms with Crippen LogP contribution >= 0.6 is 0 Å². The molecule has 0 saturated carbocycles. The summed E-state index contributed by atoms with van der Waals surface area (Å²) in [5.74, 6) is -0.829. The van der Waals surface area contributed by atoms with E-state index in [9.17, 15) is 14.7 Å². The lowest BCUT2D eigenvalue weighted by Gasteiger charge is -2.26. The van der Waals surface area contributed by atoms with E-state index in [2.05, 4.69) is 4.98 Å². The van der Waals surface area contributed by atoms with Crippen molar-refractivity contribution in [2.45, 2.75) is 12.6 Å². The molecular weight excluding hydrogens is 446 g/mol. The number of rotatable bonds is 7. The van der Waals surface area contributed by atoms with Gasteiger partial charge in [-0.15, -0.1) is 0 Å². The van der Waals surface area contributed by atoms with Crippen LogP contribution < -0.4 is 14.4 Å². The molecule has 4 rings (SSSR count). The minimum absolute atomic E-state index is 0.0173. The lowest BCUT2D eigenvalue weighted by molar-refractivity contribution is -0.140. The maximum Gasteiger partial charge on any atom is 0.295 e. The summed E-state index contributed by atoms with van der Waals surface area (Å²) in [4.78, 5) is 34.0. The highest BCUT2D eigenvalue weighted by molar-refractivity contribution is 6.46. The molecule has 8 heteroatoms. The van der Waals surface area contributed by atoms with Gasteiger partial charge in [-0.1, -0.05) is 18.2 Å². The Balaban J connectivity index is 1.86. The van der Waals surface area contributed by atoms with E-state index in [4.69, 9.17) is 9.47 Å². The van der Waals surface area contributed by atoms with E-state index < -0.39 is 17.7 Å². The number of methoxy groups -OCH3 is 2. The Labute approximate surface area is 204 Å². The van der Waals surface area contributed by atoms with Crippen LogP contribution in [0, 0.1) is 0 Å². The number of ketones is 1. The number of carbonyl (C=O) groups is 2. The van der Waals surface area contributed by atoms with Gasteiger partial charge in [-0.3, -0.25) is 14.6 Å². The van der Waals surface area contributed by atoms with Crippen LogP contribution in [-0.4, -0.2) is 55.0 Å². The topological polar surface area (TPSA) is 92.2 Å². The molecule has 1 saturated heterocycles. The van der Waals surface area contributed by atoms with E-state index in [0.29, 0.717) is 22.6 Å². The van der Waals surface area contributed by atoms with Gasteiger partial charge in [-0.05, 0) is 47.5 Å². The summed E-state index contributed by atoms with van der Waals surface area (Å²) >= 11 is 0. The average molecular weight is 474 g/mol. The van der Waals surface area contributed by atoms with Gasteiger partial charge in [0.25, 0.3) is 11.7 Å². The first-order chi connectivity index (χ1) is 16.8. The van der Waals surface area contributed by atoms with Gasteiger partial charge < -0.3 is 24.4 Å². The molecule has 3 aromatic rings. The zero-order chi connectivity index (χ0) is 25.1. The summed E-state index contributed by atoms with van der Waals surface area (Å²) < 4.78 is 10.6. The highest BCUT2D eigenvalue weighted by Gasteiger charge is 2.46. The van der Waals surface area contributed by atoms with Crippen molar-refractivity contribution in [1.82, 2.24) is 9.88 Å². The number of Topliss-reactive ketones (excluding diaryl/α,β-unsaturated/α-hetero) is 1. The molecule has 180 valence electrons. The van der Waals surface area contributed by atoms with Crippen LogP contribution in [-0.2, 0) is 16.1 Å². The Kier molecular flexibility index (Phi) is 6.73. The molecule has 0 unspecified atom stereocenters. The summed E-state index contributed by atoms with van der Waals surface area (Å²) in [6.07, 6.45) is 3.30. The third kappa shape index (κ3) is 4.55. The zero-order valence-corrected chi connectivity index (χ0v) is 20.1. The molecule has 1 aromatic heterocycles. The molecule has 0 aliphatic carbocycles. The number of pyridine rings is 1. The molecule has 0 spiro atoms. The number of aromatic nitrogens is 1. The monoisotopic (exact) mass is 473 g/mol. The molecule has 2 heterocycles. The Morgan fingerprint density at radius 3 is 2.34 bits per heavy atom. The number of hydrogen-bond acceptors (Lipinski definition) is 7. The van der Waals surface area contributed by atoms with Crippen molar-refractivity contribution in [2.75, 3.05) is 33.2 Å². The Bertz CT molecular complexity index is 1270. The molecule has 1 aliphatic rings. The van der Waals surface area contributed by atoms with Gasteiger partial charge in [-0.2, -0.15) is 0 Å². The zero-order valence-electron chi connectivity index (χ0n) is 20.1. The number of carbonyl (C=O) groups excluding carboxylic acids is 2. The van der Waals surface area contributed by atoms with Crippen LogP contribution in [0.1, 0.15) is 22.7 Å². The predicted octanol–water partition coefficient (Wildman–Crippen LogP) is 3.79. The third-order valence-electron chi connectivity index (χ3n) is 6.00. The number of aliphatic hydroxyl groups excluding tert-OH is 1. The summed E-state index contributed by atoms with van der Waals surface area (Å²) in [6, 6.07) is 15.2. The van der Waals surface area contributed by atoms with Crippen molar-refractivity contribution >= 4 is 23.1 Å². The van der Waals surface area contributed by atoms with Crippen LogP contribution in [0.3, 0.4) is 0 Å². The Hall–Kier alpha value is -4.33. The molecule has 1 atom stereocenters. The van der Waals surface area contributed by atoms with Crippen molar-refractivity contribution in [2.24, 2.45) is 0 Å². The van der Waals surface area contributed by atoms with Crippen molar-refractivity contribution in [3.05, 3.63) is 89.3 Å².